The summed E-state index contributed by atoms with van der Waals surface area (Å²) in [5.74, 6) is 0.187. The highest BCUT2D eigenvalue weighted by Crippen LogP contribution is 2.23. The lowest BCUT2D eigenvalue weighted by Crippen LogP contribution is -2.48. The molecule has 6 nitrogen and oxygen atoms in total. The Balaban J connectivity index is 1.97. The Morgan fingerprint density at radius 1 is 1.48 bits per heavy atom. The van der Waals surface area contributed by atoms with Crippen LogP contribution in [0.4, 0.5) is 5.69 Å². The van der Waals surface area contributed by atoms with Gasteiger partial charge in [-0.3, -0.25) is 9.59 Å². The lowest BCUT2D eigenvalue weighted by atomic mass is 10.1. The maximum absolute atomic E-state index is 12.1. The van der Waals surface area contributed by atoms with Gasteiger partial charge in [0.05, 0.1) is 25.8 Å². The molecule has 0 spiro atoms. The molecule has 0 saturated carbocycles. The molecule has 1 saturated heterocycles. The van der Waals surface area contributed by atoms with Crippen molar-refractivity contribution >= 4 is 17.5 Å². The van der Waals surface area contributed by atoms with Crippen molar-refractivity contribution in [1.82, 2.24) is 4.90 Å². The molecule has 0 aliphatic carbocycles. The fourth-order valence-corrected chi connectivity index (χ4v) is 2.27. The van der Waals surface area contributed by atoms with E-state index in [9.17, 15) is 9.59 Å². The third-order valence-corrected chi connectivity index (χ3v) is 3.40. The molecule has 1 heterocycles. The Kier molecular flexibility index (Phi) is 5.16. The van der Waals surface area contributed by atoms with Crippen molar-refractivity contribution in [1.29, 1.82) is 0 Å². The third kappa shape index (κ3) is 3.72. The summed E-state index contributed by atoms with van der Waals surface area (Å²) in [6.07, 6.45) is -0.693. The van der Waals surface area contributed by atoms with Crippen LogP contribution in [0.1, 0.15) is 13.3 Å². The van der Waals surface area contributed by atoms with Gasteiger partial charge < -0.3 is 19.7 Å². The van der Waals surface area contributed by atoms with Gasteiger partial charge in [0.15, 0.2) is 0 Å². The highest BCUT2D eigenvalue weighted by Gasteiger charge is 2.30. The molecular weight excluding hydrogens is 272 g/mol. The number of nitrogens with zero attached hydrogens (tertiary/aromatic N) is 1. The minimum Gasteiger partial charge on any atom is -0.495 e. The fraction of sp³-hybridized carbons (Fsp3) is 0.467. The van der Waals surface area contributed by atoms with Crippen LogP contribution in [0.5, 0.6) is 5.75 Å². The first-order chi connectivity index (χ1) is 10.2. The van der Waals surface area contributed by atoms with Crippen LogP contribution in [0.15, 0.2) is 24.3 Å². The number of carbonyl (C=O) groups is 2. The molecule has 6 heteroatoms. The van der Waals surface area contributed by atoms with E-state index in [1.54, 1.807) is 23.1 Å². The molecule has 1 aliphatic rings. The second-order valence-electron chi connectivity index (χ2n) is 4.73. The van der Waals surface area contributed by atoms with Crippen molar-refractivity contribution in [3.05, 3.63) is 24.3 Å². The Hall–Kier alpha value is -2.08. The van der Waals surface area contributed by atoms with Crippen LogP contribution >= 0.6 is 0 Å². The van der Waals surface area contributed by atoms with Crippen LogP contribution in [-0.2, 0) is 14.3 Å². The van der Waals surface area contributed by atoms with Crippen molar-refractivity contribution in [2.45, 2.75) is 19.4 Å². The summed E-state index contributed by atoms with van der Waals surface area (Å²) >= 11 is 0. The molecule has 1 N–H and O–H groups in total. The zero-order valence-electron chi connectivity index (χ0n) is 12.3. The largest absolute Gasteiger partial charge is 0.495 e. The number of rotatable bonds is 5. The number of anilines is 1. The summed E-state index contributed by atoms with van der Waals surface area (Å²) in [6, 6.07) is 7.13. The molecule has 114 valence electrons. The molecule has 1 aromatic rings. The maximum atomic E-state index is 12.1. The van der Waals surface area contributed by atoms with Gasteiger partial charge in [0.25, 0.3) is 5.91 Å². The van der Waals surface area contributed by atoms with Crippen molar-refractivity contribution in [2.75, 3.05) is 32.1 Å². The average molecular weight is 292 g/mol. The number of hydrogen-bond donors (Lipinski definition) is 1. The topological polar surface area (TPSA) is 67.9 Å². The number of nitrogens with one attached hydrogen (secondary N) is 1. The molecule has 1 aromatic carbocycles. The second-order valence-corrected chi connectivity index (χ2v) is 4.73. The van der Waals surface area contributed by atoms with E-state index in [0.29, 0.717) is 31.1 Å². The molecular formula is C15H20N2O4. The number of para-hydroxylation sites is 2. The maximum Gasteiger partial charge on any atom is 0.252 e. The quantitative estimate of drug-likeness (QED) is 0.887. The minimum absolute atomic E-state index is 0.00732. The number of carbonyl (C=O) groups excluding carboxylic acids is 2. The van der Waals surface area contributed by atoms with Gasteiger partial charge in [-0.2, -0.15) is 0 Å². The van der Waals surface area contributed by atoms with E-state index in [2.05, 4.69) is 5.32 Å². The highest BCUT2D eigenvalue weighted by atomic mass is 16.5. The lowest BCUT2D eigenvalue weighted by molar-refractivity contribution is -0.154. The van der Waals surface area contributed by atoms with Crippen molar-refractivity contribution < 1.29 is 19.1 Å². The molecule has 2 rings (SSSR count). The van der Waals surface area contributed by atoms with Crippen LogP contribution in [0.2, 0.25) is 0 Å². The Morgan fingerprint density at radius 2 is 2.24 bits per heavy atom. The molecule has 0 aromatic heterocycles. The predicted molar refractivity (Wildman–Crippen MR) is 78.2 cm³/mol. The zero-order chi connectivity index (χ0) is 15.2. The van der Waals surface area contributed by atoms with Crippen molar-refractivity contribution in [3.63, 3.8) is 0 Å². The van der Waals surface area contributed by atoms with Crippen LogP contribution in [0.25, 0.3) is 0 Å². The van der Waals surface area contributed by atoms with Gasteiger partial charge in [-0.25, -0.2) is 0 Å². The lowest BCUT2D eigenvalue weighted by Gasteiger charge is -2.31. The van der Waals surface area contributed by atoms with Crippen molar-refractivity contribution in [2.24, 2.45) is 0 Å². The monoisotopic (exact) mass is 292 g/mol. The van der Waals surface area contributed by atoms with Crippen LogP contribution in [0, 0.1) is 0 Å². The zero-order valence-corrected chi connectivity index (χ0v) is 12.3. The second kappa shape index (κ2) is 7.08. The summed E-state index contributed by atoms with van der Waals surface area (Å²) in [7, 11) is 1.54. The van der Waals surface area contributed by atoms with Gasteiger partial charge in [-0.05, 0) is 19.1 Å². The van der Waals surface area contributed by atoms with Gasteiger partial charge in [0, 0.05) is 13.1 Å². The smallest absolute Gasteiger partial charge is 0.252 e. The number of methoxy groups -OCH3 is 1. The normalized spacial score (nSPS) is 18.5. The molecule has 0 unspecified atom stereocenters. The average Bonchev–Trinajstić information content (AvgIpc) is 2.50. The van der Waals surface area contributed by atoms with Gasteiger partial charge >= 0.3 is 0 Å². The van der Waals surface area contributed by atoms with E-state index in [0.717, 1.165) is 0 Å². The molecule has 2 amide bonds. The summed E-state index contributed by atoms with van der Waals surface area (Å²) in [6.45, 7) is 3.59. The summed E-state index contributed by atoms with van der Waals surface area (Å²) in [5.41, 5.74) is 0.584. The van der Waals surface area contributed by atoms with Gasteiger partial charge in [-0.15, -0.1) is 0 Å². The Labute approximate surface area is 124 Å². The van der Waals surface area contributed by atoms with E-state index in [1.807, 2.05) is 13.0 Å². The Morgan fingerprint density at radius 3 is 2.95 bits per heavy atom. The molecule has 1 atom stereocenters. The number of benzene rings is 1. The van der Waals surface area contributed by atoms with E-state index in [4.69, 9.17) is 9.47 Å². The summed E-state index contributed by atoms with van der Waals surface area (Å²) in [4.78, 5) is 25.8. The number of likely N-dealkylation sites (N-methyl/N-ethyl adjacent to an activating group) is 1. The van der Waals surface area contributed by atoms with Gasteiger partial charge in [0.1, 0.15) is 11.9 Å². The van der Waals surface area contributed by atoms with E-state index >= 15 is 0 Å². The number of morpholine rings is 1. The third-order valence-electron chi connectivity index (χ3n) is 3.40. The van der Waals surface area contributed by atoms with Crippen LogP contribution < -0.4 is 10.1 Å². The van der Waals surface area contributed by atoms with Gasteiger partial charge in [-0.1, -0.05) is 12.1 Å². The summed E-state index contributed by atoms with van der Waals surface area (Å²) < 4.78 is 10.6. The van der Waals surface area contributed by atoms with Gasteiger partial charge in [0.2, 0.25) is 5.91 Å². The molecule has 1 fully saturated rings. The minimum atomic E-state index is -0.701. The number of ether oxygens (including phenoxy) is 2. The predicted octanol–water partition coefficient (Wildman–Crippen LogP) is 1.27. The number of amides is 2. The van der Waals surface area contributed by atoms with Crippen molar-refractivity contribution in [3.8, 4) is 5.75 Å². The molecule has 0 bridgehead atoms. The number of hydrogen-bond acceptors (Lipinski definition) is 4. The summed E-state index contributed by atoms with van der Waals surface area (Å²) in [5, 5.41) is 2.75. The molecule has 0 radical (unpaired) electrons. The Bertz CT molecular complexity index is 518. The fourth-order valence-electron chi connectivity index (χ4n) is 2.27. The molecule has 21 heavy (non-hydrogen) atoms. The van der Waals surface area contributed by atoms with E-state index in [-0.39, 0.29) is 18.2 Å². The standard InChI is InChI=1S/C15H20N2O4/c1-3-17-8-9-21-13(15(17)19)10-14(18)16-11-6-4-5-7-12(11)20-2/h4-7,13H,3,8-10H2,1-2H3,(H,16,18)/t13-/m0/s1. The first-order valence-electron chi connectivity index (χ1n) is 6.99. The first-order valence-corrected chi connectivity index (χ1v) is 6.99. The highest BCUT2D eigenvalue weighted by molar-refractivity contribution is 5.96. The van der Waals surface area contributed by atoms with E-state index < -0.39 is 6.10 Å². The van der Waals surface area contributed by atoms with E-state index in [1.165, 1.54) is 7.11 Å². The SMILES string of the molecule is CCN1CCO[C@@H](CC(=O)Nc2ccccc2OC)C1=O. The van der Waals surface area contributed by atoms with Crippen LogP contribution in [0.3, 0.4) is 0 Å². The molecule has 1 aliphatic heterocycles. The van der Waals surface area contributed by atoms with Crippen LogP contribution in [-0.4, -0.2) is 49.6 Å². The first kappa shape index (κ1) is 15.3.